The molecule has 0 spiro atoms. The maximum absolute atomic E-state index is 14.6. The smallest absolute Gasteiger partial charge is 0.408 e. The fourth-order valence-corrected chi connectivity index (χ4v) is 7.40. The van der Waals surface area contributed by atoms with Crippen molar-refractivity contribution in [1.29, 1.82) is 0 Å². The zero-order valence-electron chi connectivity index (χ0n) is 29.8. The molecule has 3 aliphatic rings. The molecule has 1 aliphatic carbocycles. The summed E-state index contributed by atoms with van der Waals surface area (Å²) in [6.07, 6.45) is 6.63. The lowest BCUT2D eigenvalue weighted by molar-refractivity contribution is -0.157. The van der Waals surface area contributed by atoms with Gasteiger partial charge in [-0.05, 0) is 74.3 Å². The fraction of sp³-hybridized carbons (Fsp3) is 0.703. The summed E-state index contributed by atoms with van der Waals surface area (Å²) in [5.41, 5.74) is 1.48. The van der Waals surface area contributed by atoms with Crippen LogP contribution in [0.15, 0.2) is 18.2 Å². The van der Waals surface area contributed by atoms with E-state index in [1.807, 2.05) is 59.7 Å². The van der Waals surface area contributed by atoms with Crippen LogP contribution in [0.2, 0.25) is 0 Å². The summed E-state index contributed by atoms with van der Waals surface area (Å²) in [7, 11) is 1.61. The van der Waals surface area contributed by atoms with Gasteiger partial charge in [-0.2, -0.15) is 0 Å². The Morgan fingerprint density at radius 2 is 1.79 bits per heavy atom. The zero-order chi connectivity index (χ0) is 34.6. The molecule has 1 N–H and O–H groups in total. The van der Waals surface area contributed by atoms with Crippen molar-refractivity contribution < 1.29 is 33.3 Å². The number of esters is 1. The van der Waals surface area contributed by atoms with Crippen molar-refractivity contribution in [1.82, 2.24) is 20.2 Å². The van der Waals surface area contributed by atoms with E-state index in [0.717, 1.165) is 56.2 Å². The van der Waals surface area contributed by atoms with E-state index in [4.69, 9.17) is 28.9 Å². The number of ether oxygens (including phenoxy) is 4. The monoisotopic (exact) mass is 666 g/mol. The first-order valence-electron chi connectivity index (χ1n) is 17.8. The molecule has 11 nitrogen and oxygen atoms in total. The Kier molecular flexibility index (Phi) is 11.4. The molecule has 2 aliphatic heterocycles. The maximum Gasteiger partial charge on any atom is 0.408 e. The summed E-state index contributed by atoms with van der Waals surface area (Å²) in [5.74, 6) is 0.275. The Labute approximate surface area is 284 Å². The van der Waals surface area contributed by atoms with Crippen molar-refractivity contribution in [3.8, 4) is 11.6 Å². The molecule has 2 bridgehead atoms. The van der Waals surface area contributed by atoms with Crippen molar-refractivity contribution in [2.45, 2.75) is 124 Å². The summed E-state index contributed by atoms with van der Waals surface area (Å²) in [4.78, 5) is 53.3. The molecule has 6 atom stereocenters. The van der Waals surface area contributed by atoms with Crippen LogP contribution >= 0.6 is 0 Å². The average Bonchev–Trinajstić information content (AvgIpc) is 3.64. The molecule has 1 saturated heterocycles. The Morgan fingerprint density at radius 3 is 2.50 bits per heavy atom. The van der Waals surface area contributed by atoms with Gasteiger partial charge in [-0.3, -0.25) is 4.79 Å². The minimum absolute atomic E-state index is 0.125. The minimum atomic E-state index is -0.941. The third-order valence-electron chi connectivity index (χ3n) is 10.0. The summed E-state index contributed by atoms with van der Waals surface area (Å²) in [6, 6.07) is 3.77. The van der Waals surface area contributed by atoms with Gasteiger partial charge in [0.2, 0.25) is 11.8 Å². The van der Waals surface area contributed by atoms with Crippen molar-refractivity contribution in [2.75, 3.05) is 20.3 Å². The quantitative estimate of drug-likeness (QED) is 0.368. The van der Waals surface area contributed by atoms with Gasteiger partial charge in [0.15, 0.2) is 0 Å². The molecule has 0 unspecified atom stereocenters. The predicted molar refractivity (Wildman–Crippen MR) is 182 cm³/mol. The molecule has 5 rings (SSSR count). The van der Waals surface area contributed by atoms with Gasteiger partial charge in [-0.1, -0.05) is 54.4 Å². The molecule has 2 amide bonds. The number of methoxy groups -OCH3 is 1. The van der Waals surface area contributed by atoms with Gasteiger partial charge in [0.05, 0.1) is 31.3 Å². The van der Waals surface area contributed by atoms with Crippen LogP contribution in [0.5, 0.6) is 11.6 Å². The Balaban J connectivity index is 1.56. The summed E-state index contributed by atoms with van der Waals surface area (Å²) in [6.45, 7) is 12.0. The van der Waals surface area contributed by atoms with Gasteiger partial charge in [-0.25, -0.2) is 19.6 Å². The molecule has 2 aromatic rings. The molecule has 11 heteroatoms. The SMILES string of the molecule is CC[C@@H]1[C@@H]2CN(C(=O)[C@H](C(C)(C)C)NC(=O)O[C@@H]3CCC[C@H]3CCCCCc3nc4ccc(OC)cc4nc3O2)[C@@H]1C(=O)OCC(C)C. The number of benzene rings is 1. The number of alkyl carbamates (subject to hydrolysis) is 1. The molecule has 1 saturated carbocycles. The lowest BCUT2D eigenvalue weighted by Crippen LogP contribution is -2.57. The second-order valence-electron chi connectivity index (χ2n) is 15.2. The van der Waals surface area contributed by atoms with Gasteiger partial charge >= 0.3 is 12.1 Å². The number of aromatic nitrogens is 2. The van der Waals surface area contributed by atoms with E-state index in [-0.39, 0.29) is 42.9 Å². The molecular formula is C37H54N4O7. The lowest BCUT2D eigenvalue weighted by Gasteiger charge is -2.35. The maximum atomic E-state index is 14.6. The number of nitrogens with zero attached hydrogens (tertiary/aromatic N) is 3. The Hall–Kier alpha value is -3.63. The highest BCUT2D eigenvalue weighted by Crippen LogP contribution is 2.37. The number of aryl methyl sites for hydroxylation is 1. The molecule has 1 aromatic carbocycles. The molecular weight excluding hydrogens is 612 g/mol. The van der Waals surface area contributed by atoms with E-state index in [9.17, 15) is 14.4 Å². The zero-order valence-corrected chi connectivity index (χ0v) is 29.8. The number of fused-ring (bicyclic) bond motifs is 5. The molecule has 3 heterocycles. The third kappa shape index (κ3) is 8.14. The van der Waals surface area contributed by atoms with Crippen LogP contribution < -0.4 is 14.8 Å². The number of amides is 2. The van der Waals surface area contributed by atoms with Crippen molar-refractivity contribution in [2.24, 2.45) is 23.2 Å². The number of rotatable bonds is 5. The summed E-state index contributed by atoms with van der Waals surface area (Å²) in [5, 5.41) is 2.92. The van der Waals surface area contributed by atoms with Gasteiger partial charge < -0.3 is 29.2 Å². The standard InChI is InChI=1S/C37H54N4O7/c1-8-25-30-20-41(31(25)35(43)46-21-22(2)3)34(42)32(37(4,5)6)40-36(44)48-29-16-12-14-23(29)13-10-9-11-15-27-33(47-30)39-28-19-24(45-7)17-18-26(28)38-27/h17-19,22-23,25,29-32H,8-16,20-21H2,1-7H3,(H,40,44)/t23-,25-,29-,30+,31+,32-/m1/s1. The van der Waals surface area contributed by atoms with Crippen LogP contribution in [0.4, 0.5) is 4.79 Å². The summed E-state index contributed by atoms with van der Waals surface area (Å²) < 4.78 is 24.0. The first kappa shape index (κ1) is 35.7. The van der Waals surface area contributed by atoms with Gasteiger partial charge in [0.25, 0.3) is 0 Å². The van der Waals surface area contributed by atoms with E-state index >= 15 is 0 Å². The third-order valence-corrected chi connectivity index (χ3v) is 10.0. The van der Waals surface area contributed by atoms with E-state index < -0.39 is 35.7 Å². The second kappa shape index (κ2) is 15.3. The van der Waals surface area contributed by atoms with Crippen molar-refractivity contribution >= 4 is 29.0 Å². The van der Waals surface area contributed by atoms with Gasteiger partial charge in [0.1, 0.15) is 35.7 Å². The Morgan fingerprint density at radius 1 is 1.02 bits per heavy atom. The van der Waals surface area contributed by atoms with Crippen molar-refractivity contribution in [3.63, 3.8) is 0 Å². The van der Waals surface area contributed by atoms with E-state index in [1.54, 1.807) is 12.0 Å². The largest absolute Gasteiger partial charge is 0.497 e. The molecule has 264 valence electrons. The lowest BCUT2D eigenvalue weighted by atomic mass is 9.85. The molecule has 1 aromatic heterocycles. The van der Waals surface area contributed by atoms with Crippen LogP contribution in [-0.2, 0) is 25.5 Å². The fourth-order valence-electron chi connectivity index (χ4n) is 7.40. The number of hydrogen-bond donors (Lipinski definition) is 1. The number of carbonyl (C=O) groups is 3. The highest BCUT2D eigenvalue weighted by atomic mass is 16.6. The first-order chi connectivity index (χ1) is 22.9. The van der Waals surface area contributed by atoms with E-state index in [0.29, 0.717) is 30.0 Å². The number of nitrogens with one attached hydrogen (secondary N) is 1. The van der Waals surface area contributed by atoms with Crippen molar-refractivity contribution in [3.05, 3.63) is 23.9 Å². The highest BCUT2D eigenvalue weighted by Gasteiger charge is 2.52. The number of hydrogen-bond acceptors (Lipinski definition) is 9. The molecule has 2 fully saturated rings. The molecule has 0 radical (unpaired) electrons. The Bertz CT molecular complexity index is 1460. The van der Waals surface area contributed by atoms with Crippen LogP contribution in [0.1, 0.15) is 98.6 Å². The van der Waals surface area contributed by atoms with Gasteiger partial charge in [0, 0.05) is 12.0 Å². The minimum Gasteiger partial charge on any atom is -0.497 e. The first-order valence-corrected chi connectivity index (χ1v) is 17.8. The van der Waals surface area contributed by atoms with E-state index in [2.05, 4.69) is 5.32 Å². The van der Waals surface area contributed by atoms with Crippen LogP contribution in [0, 0.1) is 23.2 Å². The normalized spacial score (nSPS) is 27.3. The highest BCUT2D eigenvalue weighted by molar-refractivity contribution is 5.91. The topological polar surface area (TPSA) is 129 Å². The second-order valence-corrected chi connectivity index (χ2v) is 15.2. The predicted octanol–water partition coefficient (Wildman–Crippen LogP) is 6.25. The van der Waals surface area contributed by atoms with Gasteiger partial charge in [-0.15, -0.1) is 0 Å². The van der Waals surface area contributed by atoms with Crippen LogP contribution in [-0.4, -0.2) is 77.4 Å². The van der Waals surface area contributed by atoms with Crippen LogP contribution in [0.25, 0.3) is 11.0 Å². The summed E-state index contributed by atoms with van der Waals surface area (Å²) >= 11 is 0. The molecule has 48 heavy (non-hydrogen) atoms. The average molecular weight is 667 g/mol. The van der Waals surface area contributed by atoms with Crippen LogP contribution in [0.3, 0.4) is 0 Å². The number of carbonyl (C=O) groups excluding carboxylic acids is 3. The van der Waals surface area contributed by atoms with E-state index in [1.165, 1.54) is 0 Å².